The van der Waals surface area contributed by atoms with Gasteiger partial charge in [-0.25, -0.2) is 0 Å². The van der Waals surface area contributed by atoms with Crippen LogP contribution in [0.25, 0.3) is 0 Å². The van der Waals surface area contributed by atoms with E-state index in [1.54, 1.807) is 0 Å². The molecule has 2 N–H and O–H groups in total. The smallest absolute Gasteiger partial charge is 0.0691 e. The maximum atomic E-state index is 6.83. The minimum atomic E-state index is -0.0990. The van der Waals surface area contributed by atoms with Crippen molar-refractivity contribution in [3.05, 3.63) is 0 Å². The van der Waals surface area contributed by atoms with Crippen molar-refractivity contribution in [3.8, 4) is 0 Å². The van der Waals surface area contributed by atoms with Gasteiger partial charge >= 0.3 is 0 Å². The second-order valence-electron chi connectivity index (χ2n) is 7.22. The van der Waals surface area contributed by atoms with Crippen LogP contribution in [0.2, 0.25) is 0 Å². The maximum absolute atomic E-state index is 6.83. The molecule has 4 atom stereocenters. The van der Waals surface area contributed by atoms with E-state index in [9.17, 15) is 0 Å². The summed E-state index contributed by atoms with van der Waals surface area (Å²) in [7, 11) is 0. The number of nitrogens with two attached hydrogens (primary N) is 1. The lowest BCUT2D eigenvalue weighted by Crippen LogP contribution is -2.78. The highest BCUT2D eigenvalue weighted by atomic mass is 16.5. The summed E-state index contributed by atoms with van der Waals surface area (Å²) in [4.78, 5) is 2.51. The van der Waals surface area contributed by atoms with Crippen molar-refractivity contribution in [2.24, 2.45) is 17.1 Å². The Morgan fingerprint density at radius 3 is 2.84 bits per heavy atom. The molecule has 0 aromatic carbocycles. The molecule has 0 aromatic heterocycles. The van der Waals surface area contributed by atoms with Gasteiger partial charge < -0.3 is 15.2 Å². The number of hydrogen-bond donors (Lipinski definition) is 1. The highest BCUT2D eigenvalue weighted by Crippen LogP contribution is 2.58. The molecule has 2 aliphatic heterocycles. The maximum Gasteiger partial charge on any atom is 0.0691 e. The zero-order chi connectivity index (χ0) is 13.7. The van der Waals surface area contributed by atoms with E-state index in [-0.39, 0.29) is 11.0 Å². The Morgan fingerprint density at radius 2 is 2.05 bits per heavy atom. The van der Waals surface area contributed by atoms with E-state index in [0.29, 0.717) is 18.1 Å². The number of nitrogens with zero attached hydrogens (tertiary/aromatic N) is 1. The second kappa shape index (κ2) is 4.69. The average Bonchev–Trinajstić information content (AvgIpc) is 2.74. The van der Waals surface area contributed by atoms with Gasteiger partial charge in [0.2, 0.25) is 0 Å². The molecule has 1 saturated carbocycles. The van der Waals surface area contributed by atoms with E-state index >= 15 is 0 Å². The molecule has 0 amide bonds. The Balaban J connectivity index is 1.71. The molecule has 3 aliphatic rings. The fourth-order valence-electron chi connectivity index (χ4n) is 4.39. The van der Waals surface area contributed by atoms with Gasteiger partial charge in [-0.05, 0) is 19.8 Å². The standard InChI is InChI=1S/C15H28N2O2/c1-11-9-17(6-4-7-18-11)10-15(16)12-5-8-19-13(12)14(15,2)3/h11-13H,4-10,16H2,1-3H3. The minimum absolute atomic E-state index is 0.0879. The molecule has 1 aliphatic carbocycles. The van der Waals surface area contributed by atoms with Crippen LogP contribution in [-0.4, -0.2) is 55.5 Å². The van der Waals surface area contributed by atoms with E-state index in [0.717, 1.165) is 45.7 Å². The number of fused-ring (bicyclic) bond motifs is 1. The summed E-state index contributed by atoms with van der Waals surface area (Å²) in [5, 5.41) is 0. The lowest BCUT2D eigenvalue weighted by Gasteiger charge is -2.63. The molecule has 110 valence electrons. The fourth-order valence-corrected chi connectivity index (χ4v) is 4.39. The van der Waals surface area contributed by atoms with Gasteiger partial charge in [0.25, 0.3) is 0 Å². The van der Waals surface area contributed by atoms with E-state index < -0.39 is 0 Å². The number of rotatable bonds is 2. The minimum Gasteiger partial charge on any atom is -0.377 e. The molecule has 4 nitrogen and oxygen atoms in total. The van der Waals surface area contributed by atoms with Crippen molar-refractivity contribution in [1.29, 1.82) is 0 Å². The summed E-state index contributed by atoms with van der Waals surface area (Å²) < 4.78 is 11.6. The Morgan fingerprint density at radius 1 is 1.26 bits per heavy atom. The zero-order valence-electron chi connectivity index (χ0n) is 12.5. The van der Waals surface area contributed by atoms with Crippen LogP contribution in [0.3, 0.4) is 0 Å². The van der Waals surface area contributed by atoms with Crippen LogP contribution < -0.4 is 5.73 Å². The van der Waals surface area contributed by atoms with Crippen LogP contribution in [0.15, 0.2) is 0 Å². The molecule has 19 heavy (non-hydrogen) atoms. The van der Waals surface area contributed by atoms with Gasteiger partial charge in [0.15, 0.2) is 0 Å². The molecular formula is C15H28N2O2. The highest BCUT2D eigenvalue weighted by Gasteiger charge is 2.67. The highest BCUT2D eigenvalue weighted by molar-refractivity contribution is 5.21. The summed E-state index contributed by atoms with van der Waals surface area (Å²) in [6.45, 7) is 11.6. The van der Waals surface area contributed by atoms with Crippen LogP contribution in [0, 0.1) is 11.3 Å². The van der Waals surface area contributed by atoms with Gasteiger partial charge in [0, 0.05) is 49.7 Å². The Labute approximate surface area is 116 Å². The van der Waals surface area contributed by atoms with Crippen LogP contribution in [0.5, 0.6) is 0 Å². The molecular weight excluding hydrogens is 240 g/mol. The van der Waals surface area contributed by atoms with Crippen molar-refractivity contribution in [2.75, 3.05) is 32.8 Å². The van der Waals surface area contributed by atoms with E-state index in [1.807, 2.05) is 0 Å². The van der Waals surface area contributed by atoms with Gasteiger partial charge in [-0.1, -0.05) is 13.8 Å². The van der Waals surface area contributed by atoms with Gasteiger partial charge in [-0.3, -0.25) is 4.90 Å². The monoisotopic (exact) mass is 268 g/mol. The third-order valence-corrected chi connectivity index (χ3v) is 5.69. The topological polar surface area (TPSA) is 47.7 Å². The Hall–Kier alpha value is -0.160. The zero-order valence-corrected chi connectivity index (χ0v) is 12.5. The van der Waals surface area contributed by atoms with E-state index in [1.165, 1.54) is 0 Å². The molecule has 0 spiro atoms. The Kier molecular flexibility index (Phi) is 3.41. The number of hydrogen-bond acceptors (Lipinski definition) is 4. The number of ether oxygens (including phenoxy) is 2. The molecule has 2 saturated heterocycles. The summed E-state index contributed by atoms with van der Waals surface area (Å²) in [5.41, 5.74) is 6.82. The second-order valence-corrected chi connectivity index (χ2v) is 7.22. The third kappa shape index (κ3) is 2.04. The average molecular weight is 268 g/mol. The summed E-state index contributed by atoms with van der Waals surface area (Å²) in [6, 6.07) is 0. The first-order valence-corrected chi connectivity index (χ1v) is 7.69. The summed E-state index contributed by atoms with van der Waals surface area (Å²) in [5.74, 6) is 0.543. The van der Waals surface area contributed by atoms with Gasteiger partial charge in [0.05, 0.1) is 12.2 Å². The van der Waals surface area contributed by atoms with E-state index in [2.05, 4.69) is 25.7 Å². The molecule has 0 bridgehead atoms. The first kappa shape index (κ1) is 13.8. The van der Waals surface area contributed by atoms with Gasteiger partial charge in [-0.15, -0.1) is 0 Å². The van der Waals surface area contributed by atoms with Crippen molar-refractivity contribution in [3.63, 3.8) is 0 Å². The first-order valence-electron chi connectivity index (χ1n) is 7.69. The molecule has 4 unspecified atom stereocenters. The molecule has 0 aromatic rings. The molecule has 2 heterocycles. The molecule has 3 fully saturated rings. The lowest BCUT2D eigenvalue weighted by atomic mass is 9.48. The van der Waals surface area contributed by atoms with Gasteiger partial charge in [-0.2, -0.15) is 0 Å². The molecule has 3 rings (SSSR count). The van der Waals surface area contributed by atoms with Crippen molar-refractivity contribution in [1.82, 2.24) is 4.90 Å². The summed E-state index contributed by atoms with van der Waals surface area (Å²) in [6.07, 6.45) is 2.94. The molecule has 0 radical (unpaired) electrons. The van der Waals surface area contributed by atoms with Crippen molar-refractivity contribution < 1.29 is 9.47 Å². The fraction of sp³-hybridized carbons (Fsp3) is 1.00. The predicted molar refractivity (Wildman–Crippen MR) is 75.0 cm³/mol. The third-order valence-electron chi connectivity index (χ3n) is 5.69. The van der Waals surface area contributed by atoms with Crippen LogP contribution in [0.4, 0.5) is 0 Å². The van der Waals surface area contributed by atoms with E-state index in [4.69, 9.17) is 15.2 Å². The molecule has 4 heteroatoms. The SMILES string of the molecule is CC1CN(CC2(N)C3CCOC3C2(C)C)CCCO1. The Bertz CT molecular complexity index is 347. The van der Waals surface area contributed by atoms with Crippen LogP contribution in [0.1, 0.15) is 33.6 Å². The van der Waals surface area contributed by atoms with Crippen LogP contribution in [-0.2, 0) is 9.47 Å². The van der Waals surface area contributed by atoms with Crippen LogP contribution >= 0.6 is 0 Å². The first-order chi connectivity index (χ1) is 8.95. The van der Waals surface area contributed by atoms with Crippen molar-refractivity contribution in [2.45, 2.75) is 51.4 Å². The van der Waals surface area contributed by atoms with Gasteiger partial charge in [0.1, 0.15) is 0 Å². The van der Waals surface area contributed by atoms with Crippen molar-refractivity contribution >= 4 is 0 Å². The normalized spacial score (nSPS) is 46.4. The summed E-state index contributed by atoms with van der Waals surface area (Å²) >= 11 is 0. The quantitative estimate of drug-likeness (QED) is 0.818. The largest absolute Gasteiger partial charge is 0.377 e. The predicted octanol–water partition coefficient (Wildman–Crippen LogP) is 1.24. The lowest BCUT2D eigenvalue weighted by molar-refractivity contribution is -0.163.